The lowest BCUT2D eigenvalue weighted by Crippen LogP contribution is -2.52. The number of imide groups is 1. The van der Waals surface area contributed by atoms with Crippen LogP contribution in [0.3, 0.4) is 0 Å². The molecule has 3 heterocycles. The monoisotopic (exact) mass is 354 g/mol. The first-order valence-corrected chi connectivity index (χ1v) is 8.83. The molecule has 0 radical (unpaired) electrons. The van der Waals surface area contributed by atoms with E-state index < -0.39 is 6.03 Å². The molecule has 0 aromatic rings. The maximum Gasteiger partial charge on any atom is 0.325 e. The summed E-state index contributed by atoms with van der Waals surface area (Å²) < 4.78 is 5.36. The Balaban J connectivity index is 1.58. The summed E-state index contributed by atoms with van der Waals surface area (Å²) in [5.74, 6) is -0.308. The van der Waals surface area contributed by atoms with Gasteiger partial charge in [-0.15, -0.1) is 0 Å². The normalized spacial score (nSPS) is 28.4. The van der Waals surface area contributed by atoms with Crippen molar-refractivity contribution >= 4 is 17.8 Å². The molecule has 0 aliphatic carbocycles. The number of hydrogen-bond acceptors (Lipinski definition) is 6. The first kappa shape index (κ1) is 18.1. The number of carbonyl (C=O) groups is 3. The molecule has 0 spiro atoms. The third kappa shape index (κ3) is 4.47. The highest BCUT2D eigenvalue weighted by Crippen LogP contribution is 2.23. The van der Waals surface area contributed by atoms with Gasteiger partial charge in [0.05, 0.1) is 19.8 Å². The Morgan fingerprint density at radius 1 is 1.20 bits per heavy atom. The molecule has 0 saturated carbocycles. The maximum atomic E-state index is 12.6. The number of amides is 4. The minimum atomic E-state index is -0.515. The van der Waals surface area contributed by atoms with E-state index in [0.717, 1.165) is 44.2 Å². The molecule has 4 amide bonds. The summed E-state index contributed by atoms with van der Waals surface area (Å²) >= 11 is 0. The van der Waals surface area contributed by atoms with Gasteiger partial charge in [0.1, 0.15) is 6.54 Å². The third-order valence-corrected chi connectivity index (χ3v) is 5.09. The number of rotatable bonds is 5. The average Bonchev–Trinajstić information content (AvgIpc) is 2.94. The fourth-order valence-corrected chi connectivity index (χ4v) is 3.79. The van der Waals surface area contributed by atoms with E-state index in [9.17, 15) is 19.5 Å². The summed E-state index contributed by atoms with van der Waals surface area (Å²) in [5, 5.41) is 12.0. The molecule has 3 fully saturated rings. The molecule has 0 aromatic heterocycles. The van der Waals surface area contributed by atoms with Crippen LogP contribution in [0.4, 0.5) is 4.79 Å². The number of hydrogen-bond donors (Lipinski definition) is 2. The van der Waals surface area contributed by atoms with Gasteiger partial charge in [-0.25, -0.2) is 4.79 Å². The Hall–Kier alpha value is -1.71. The van der Waals surface area contributed by atoms with Gasteiger partial charge in [-0.05, 0) is 18.3 Å². The molecule has 3 aliphatic rings. The maximum absolute atomic E-state index is 12.6. The number of ether oxygens (including phenoxy) is 1. The van der Waals surface area contributed by atoms with Gasteiger partial charge < -0.3 is 20.1 Å². The molecule has 0 aromatic carbocycles. The van der Waals surface area contributed by atoms with Gasteiger partial charge in [0.2, 0.25) is 5.91 Å². The van der Waals surface area contributed by atoms with E-state index >= 15 is 0 Å². The predicted octanol–water partition coefficient (Wildman–Crippen LogP) is -1.67. The highest BCUT2D eigenvalue weighted by Gasteiger charge is 2.35. The largest absolute Gasteiger partial charge is 0.396 e. The molecule has 140 valence electrons. The number of nitrogens with one attached hydrogen (secondary N) is 1. The van der Waals surface area contributed by atoms with Crippen molar-refractivity contribution in [1.29, 1.82) is 0 Å². The first-order valence-electron chi connectivity index (χ1n) is 8.83. The standard InChI is InChI=1S/C16H26N4O5/c21-11-13-5-12(7-18-1-3-25-4-2-18)8-19(9-13)15(23)10-20-14(22)6-17-16(20)24/h12-13,21H,1-11H2,(H,17,24)/t12-,13+/m0/s1. The van der Waals surface area contributed by atoms with Crippen LogP contribution in [-0.4, -0.2) is 103 Å². The predicted molar refractivity (Wildman–Crippen MR) is 87.6 cm³/mol. The summed E-state index contributed by atoms with van der Waals surface area (Å²) in [5.41, 5.74) is 0. The van der Waals surface area contributed by atoms with E-state index in [4.69, 9.17) is 4.74 Å². The second-order valence-corrected chi connectivity index (χ2v) is 7.00. The van der Waals surface area contributed by atoms with Crippen LogP contribution in [0.25, 0.3) is 0 Å². The van der Waals surface area contributed by atoms with Crippen LogP contribution in [0.1, 0.15) is 6.42 Å². The van der Waals surface area contributed by atoms with Crippen molar-refractivity contribution in [2.24, 2.45) is 11.8 Å². The van der Waals surface area contributed by atoms with Gasteiger partial charge >= 0.3 is 6.03 Å². The number of nitrogens with zero attached hydrogens (tertiary/aromatic N) is 3. The topological polar surface area (TPSA) is 102 Å². The lowest BCUT2D eigenvalue weighted by atomic mass is 9.89. The number of piperidine rings is 1. The molecular weight excluding hydrogens is 328 g/mol. The van der Waals surface area contributed by atoms with Crippen molar-refractivity contribution in [2.45, 2.75) is 6.42 Å². The summed E-state index contributed by atoms with van der Waals surface area (Å²) in [6.07, 6.45) is 0.876. The van der Waals surface area contributed by atoms with E-state index in [1.165, 1.54) is 0 Å². The Kier molecular flexibility index (Phi) is 5.87. The molecule has 3 saturated heterocycles. The molecule has 3 rings (SSSR count). The summed E-state index contributed by atoms with van der Waals surface area (Å²) in [7, 11) is 0. The van der Waals surface area contributed by atoms with Crippen LogP contribution in [0.15, 0.2) is 0 Å². The molecule has 0 bridgehead atoms. The fraction of sp³-hybridized carbons (Fsp3) is 0.812. The number of urea groups is 1. The zero-order valence-electron chi connectivity index (χ0n) is 14.4. The Morgan fingerprint density at radius 2 is 1.92 bits per heavy atom. The molecular formula is C16H26N4O5. The summed E-state index contributed by atoms with van der Waals surface area (Å²) in [6, 6.07) is -0.515. The van der Waals surface area contributed by atoms with E-state index in [0.29, 0.717) is 13.1 Å². The highest BCUT2D eigenvalue weighted by atomic mass is 16.5. The summed E-state index contributed by atoms with van der Waals surface area (Å²) in [6.45, 7) is 4.91. The smallest absolute Gasteiger partial charge is 0.325 e. The Morgan fingerprint density at radius 3 is 2.56 bits per heavy atom. The number of aliphatic hydroxyl groups is 1. The van der Waals surface area contributed by atoms with Crippen molar-refractivity contribution in [2.75, 3.05) is 65.6 Å². The average molecular weight is 354 g/mol. The summed E-state index contributed by atoms with van der Waals surface area (Å²) in [4.78, 5) is 40.8. The molecule has 2 N–H and O–H groups in total. The Bertz CT molecular complexity index is 507. The molecule has 3 aliphatic heterocycles. The molecule has 9 heteroatoms. The van der Waals surface area contributed by atoms with Crippen LogP contribution in [-0.2, 0) is 14.3 Å². The number of aliphatic hydroxyl groups excluding tert-OH is 1. The van der Waals surface area contributed by atoms with Crippen molar-refractivity contribution in [3.8, 4) is 0 Å². The first-order chi connectivity index (χ1) is 12.1. The van der Waals surface area contributed by atoms with Crippen molar-refractivity contribution < 1.29 is 24.2 Å². The van der Waals surface area contributed by atoms with Gasteiger partial charge in [-0.2, -0.15) is 0 Å². The van der Waals surface area contributed by atoms with Crippen LogP contribution in [0.2, 0.25) is 0 Å². The molecule has 25 heavy (non-hydrogen) atoms. The quantitative estimate of drug-likeness (QED) is 0.572. The van der Waals surface area contributed by atoms with E-state index in [2.05, 4.69) is 10.2 Å². The zero-order valence-corrected chi connectivity index (χ0v) is 14.4. The molecule has 2 atom stereocenters. The van der Waals surface area contributed by atoms with Crippen molar-refractivity contribution in [3.63, 3.8) is 0 Å². The van der Waals surface area contributed by atoms with E-state index in [1.807, 2.05) is 0 Å². The van der Waals surface area contributed by atoms with Crippen molar-refractivity contribution in [3.05, 3.63) is 0 Å². The van der Waals surface area contributed by atoms with Gasteiger partial charge in [0, 0.05) is 39.3 Å². The van der Waals surface area contributed by atoms with Crippen LogP contribution < -0.4 is 5.32 Å². The second kappa shape index (κ2) is 8.11. The molecule has 9 nitrogen and oxygen atoms in total. The van der Waals surface area contributed by atoms with E-state index in [-0.39, 0.29) is 43.3 Å². The SMILES string of the molecule is O=C(CN1C(=O)CNC1=O)N1C[C@H](CO)C[C@@H](CN2CCOCC2)C1. The van der Waals surface area contributed by atoms with Gasteiger partial charge in [0.15, 0.2) is 0 Å². The lowest BCUT2D eigenvalue weighted by Gasteiger charge is -2.40. The van der Waals surface area contributed by atoms with Gasteiger partial charge in [-0.3, -0.25) is 19.4 Å². The third-order valence-electron chi connectivity index (χ3n) is 5.09. The fourth-order valence-electron chi connectivity index (χ4n) is 3.79. The number of likely N-dealkylation sites (tertiary alicyclic amines) is 1. The lowest BCUT2D eigenvalue weighted by molar-refractivity contribution is -0.139. The van der Waals surface area contributed by atoms with Crippen LogP contribution >= 0.6 is 0 Å². The van der Waals surface area contributed by atoms with Gasteiger partial charge in [-0.1, -0.05) is 0 Å². The number of morpholine rings is 1. The van der Waals surface area contributed by atoms with E-state index in [1.54, 1.807) is 4.90 Å². The van der Waals surface area contributed by atoms with Gasteiger partial charge in [0.25, 0.3) is 5.91 Å². The number of carbonyl (C=O) groups excluding carboxylic acids is 3. The Labute approximate surface area is 146 Å². The minimum absolute atomic E-state index is 0.0341. The minimum Gasteiger partial charge on any atom is -0.396 e. The van der Waals surface area contributed by atoms with Crippen LogP contribution in [0, 0.1) is 11.8 Å². The van der Waals surface area contributed by atoms with Crippen LogP contribution in [0.5, 0.6) is 0 Å². The zero-order chi connectivity index (χ0) is 17.8. The van der Waals surface area contributed by atoms with Crippen molar-refractivity contribution in [1.82, 2.24) is 20.0 Å². The highest BCUT2D eigenvalue weighted by molar-refractivity contribution is 6.04. The second-order valence-electron chi connectivity index (χ2n) is 7.00. The molecule has 0 unspecified atom stereocenters.